The summed E-state index contributed by atoms with van der Waals surface area (Å²) >= 11 is 0. The molecule has 3 heterocycles. The van der Waals surface area contributed by atoms with Gasteiger partial charge in [0.15, 0.2) is 6.04 Å². The number of hydrogen-bond acceptors (Lipinski definition) is 5. The van der Waals surface area contributed by atoms with E-state index in [9.17, 15) is 29.4 Å². The van der Waals surface area contributed by atoms with E-state index in [1.807, 2.05) is 48.5 Å². The smallest absolute Gasteiger partial charge is 0.332 e. The van der Waals surface area contributed by atoms with Gasteiger partial charge < -0.3 is 20.5 Å². The number of imide groups is 1. The van der Waals surface area contributed by atoms with Gasteiger partial charge in [0.2, 0.25) is 0 Å². The molecule has 0 unspecified atom stereocenters. The largest absolute Gasteiger partial charge is 0.480 e. The van der Waals surface area contributed by atoms with Gasteiger partial charge in [-0.05, 0) is 47.7 Å². The van der Waals surface area contributed by atoms with Gasteiger partial charge in [-0.3, -0.25) is 14.5 Å². The number of carboxylic acid groups (broad SMARTS) is 1. The Hall–Kier alpha value is -4.96. The van der Waals surface area contributed by atoms with Gasteiger partial charge in [-0.25, -0.2) is 14.5 Å². The lowest BCUT2D eigenvalue weighted by molar-refractivity contribution is -0.141. The predicted molar refractivity (Wildman–Crippen MR) is 160 cm³/mol. The second-order valence-electron chi connectivity index (χ2n) is 11.4. The highest BCUT2D eigenvalue weighted by Gasteiger charge is 2.53. The minimum absolute atomic E-state index is 0.0431. The van der Waals surface area contributed by atoms with Crippen molar-refractivity contribution in [3.8, 4) is 0 Å². The van der Waals surface area contributed by atoms with Crippen molar-refractivity contribution in [1.82, 2.24) is 15.2 Å². The molecule has 2 aliphatic heterocycles. The van der Waals surface area contributed by atoms with Gasteiger partial charge in [0, 0.05) is 23.0 Å². The van der Waals surface area contributed by atoms with Crippen molar-refractivity contribution < 1.29 is 29.4 Å². The Kier molecular flexibility index (Phi) is 7.01. The number of H-pyrrole nitrogens is 1. The molecule has 1 fully saturated rings. The predicted octanol–water partition coefficient (Wildman–Crippen LogP) is 4.34. The molecule has 1 saturated heterocycles. The fourth-order valence-electron chi connectivity index (χ4n) is 6.17. The summed E-state index contributed by atoms with van der Waals surface area (Å²) in [7, 11) is 0. The third kappa shape index (κ3) is 4.64. The highest BCUT2D eigenvalue weighted by molar-refractivity contribution is 6.24. The maximum atomic E-state index is 14.3. The van der Waals surface area contributed by atoms with Gasteiger partial charge in [0.1, 0.15) is 12.1 Å². The quantitative estimate of drug-likeness (QED) is 0.240. The van der Waals surface area contributed by atoms with Gasteiger partial charge in [0.05, 0.1) is 17.4 Å². The second-order valence-corrected chi connectivity index (χ2v) is 11.4. The highest BCUT2D eigenvalue weighted by Crippen LogP contribution is 2.45. The Morgan fingerprint density at radius 2 is 1.63 bits per heavy atom. The Balaban J connectivity index is 1.44. The number of carbonyl (C=O) groups excluding carboxylic acids is 3. The summed E-state index contributed by atoms with van der Waals surface area (Å²) in [5.74, 6) is -2.40. The maximum absolute atomic E-state index is 14.3. The lowest BCUT2D eigenvalue weighted by Gasteiger charge is -2.36. The first kappa shape index (κ1) is 28.2. The number of nitrogens with zero attached hydrogens (tertiary/aromatic N) is 2. The lowest BCUT2D eigenvalue weighted by atomic mass is 9.88. The molecule has 3 aromatic carbocycles. The molecule has 4 atom stereocenters. The van der Waals surface area contributed by atoms with Crippen LogP contribution in [0.3, 0.4) is 0 Å². The summed E-state index contributed by atoms with van der Waals surface area (Å²) in [4.78, 5) is 59.4. The molecule has 1 aromatic heterocycles. The molecule has 4 N–H and O–H groups in total. The monoisotopic (exact) mass is 580 g/mol. The molecular weight excluding hydrogens is 548 g/mol. The van der Waals surface area contributed by atoms with E-state index >= 15 is 0 Å². The number of fused-ring (bicyclic) bond motifs is 4. The number of nitrogens with one attached hydrogen (secondary N) is 2. The molecule has 0 bridgehead atoms. The number of hydrogen-bond donors (Lipinski definition) is 4. The van der Waals surface area contributed by atoms with Crippen LogP contribution in [0.1, 0.15) is 65.5 Å². The summed E-state index contributed by atoms with van der Waals surface area (Å²) in [5, 5.41) is 22.6. The van der Waals surface area contributed by atoms with E-state index in [1.54, 1.807) is 17.0 Å². The van der Waals surface area contributed by atoms with Crippen LogP contribution in [0, 0.1) is 0 Å². The first-order valence-electron chi connectivity index (χ1n) is 14.2. The van der Waals surface area contributed by atoms with Crippen molar-refractivity contribution in [1.29, 1.82) is 0 Å². The summed E-state index contributed by atoms with van der Waals surface area (Å²) in [5.41, 5.74) is 4.70. The van der Waals surface area contributed by atoms with E-state index in [1.165, 1.54) is 19.1 Å². The van der Waals surface area contributed by atoms with Crippen LogP contribution >= 0.6 is 0 Å². The highest BCUT2D eigenvalue weighted by atomic mass is 16.4. The van der Waals surface area contributed by atoms with Crippen LogP contribution in [0.5, 0.6) is 0 Å². The van der Waals surface area contributed by atoms with Crippen LogP contribution in [-0.2, 0) is 16.0 Å². The standard InChI is InChI=1S/C33H32N4O6/c1-17(2)19-12-14-20(15-13-19)29-28-23(21-8-4-6-10-24(21)34-28)16-26-31(40)37(33(43)36(26)29)25-11-7-5-9-22(25)30(39)35-27(18(3)38)32(41)42/h4-15,17-18,26-27,29,34,38H,16H2,1-3H3,(H,35,39)(H,41,42)/t18-,26+,27-,29-/m1/s1. The van der Waals surface area contributed by atoms with E-state index in [0.717, 1.165) is 38.2 Å². The fourth-order valence-corrected chi connectivity index (χ4v) is 6.17. The van der Waals surface area contributed by atoms with Gasteiger partial charge in [-0.1, -0.05) is 68.4 Å². The first-order chi connectivity index (χ1) is 20.6. The number of carbonyl (C=O) groups is 4. The molecule has 43 heavy (non-hydrogen) atoms. The number of para-hydroxylation sites is 2. The Morgan fingerprint density at radius 3 is 2.30 bits per heavy atom. The minimum Gasteiger partial charge on any atom is -0.480 e. The Labute approximate surface area is 247 Å². The Morgan fingerprint density at radius 1 is 0.953 bits per heavy atom. The average Bonchev–Trinajstić information content (AvgIpc) is 3.48. The van der Waals surface area contributed by atoms with Crippen molar-refractivity contribution in [2.24, 2.45) is 0 Å². The zero-order chi connectivity index (χ0) is 30.6. The summed E-state index contributed by atoms with van der Waals surface area (Å²) in [6.07, 6.45) is -1.08. The molecule has 220 valence electrons. The molecule has 10 nitrogen and oxygen atoms in total. The fraction of sp³-hybridized carbons (Fsp3) is 0.273. The topological polar surface area (TPSA) is 143 Å². The van der Waals surface area contributed by atoms with E-state index in [2.05, 4.69) is 24.1 Å². The van der Waals surface area contributed by atoms with E-state index in [0.29, 0.717) is 12.3 Å². The second kappa shape index (κ2) is 10.7. The number of aliphatic carboxylic acids is 1. The first-order valence-corrected chi connectivity index (χ1v) is 14.2. The van der Waals surface area contributed by atoms with Gasteiger partial charge >= 0.3 is 12.0 Å². The van der Waals surface area contributed by atoms with Crippen molar-refractivity contribution in [2.75, 3.05) is 4.90 Å². The number of urea groups is 1. The zero-order valence-corrected chi connectivity index (χ0v) is 23.9. The van der Waals surface area contributed by atoms with Crippen molar-refractivity contribution >= 4 is 40.4 Å². The van der Waals surface area contributed by atoms with Crippen molar-refractivity contribution in [3.63, 3.8) is 0 Å². The molecule has 2 aliphatic rings. The number of anilines is 1. The van der Waals surface area contributed by atoms with E-state index in [4.69, 9.17) is 0 Å². The number of aromatic amines is 1. The lowest BCUT2D eigenvalue weighted by Crippen LogP contribution is -2.48. The molecule has 0 spiro atoms. The Bertz CT molecular complexity index is 1760. The summed E-state index contributed by atoms with van der Waals surface area (Å²) in [6, 6.07) is 18.4. The molecule has 0 aliphatic carbocycles. The normalized spacial score (nSPS) is 19.4. The summed E-state index contributed by atoms with van der Waals surface area (Å²) in [6.45, 7) is 5.47. The van der Waals surface area contributed by atoms with Crippen molar-refractivity contribution in [3.05, 3.63) is 101 Å². The van der Waals surface area contributed by atoms with E-state index in [-0.39, 0.29) is 11.3 Å². The number of aliphatic hydroxyl groups is 1. The van der Waals surface area contributed by atoms with Crippen LogP contribution < -0.4 is 10.2 Å². The van der Waals surface area contributed by atoms with Crippen LogP contribution in [0.15, 0.2) is 72.8 Å². The van der Waals surface area contributed by atoms with Crippen LogP contribution in [0.25, 0.3) is 10.9 Å². The van der Waals surface area contributed by atoms with Gasteiger partial charge in [-0.15, -0.1) is 0 Å². The van der Waals surface area contributed by atoms with Crippen LogP contribution in [-0.4, -0.2) is 62.1 Å². The molecule has 4 amide bonds. The van der Waals surface area contributed by atoms with Crippen LogP contribution in [0.4, 0.5) is 10.5 Å². The number of rotatable bonds is 7. The number of aromatic nitrogens is 1. The third-order valence-electron chi connectivity index (χ3n) is 8.39. The number of carboxylic acids is 1. The molecular formula is C33H32N4O6. The molecule has 10 heteroatoms. The van der Waals surface area contributed by atoms with Gasteiger partial charge in [-0.2, -0.15) is 0 Å². The molecule has 4 aromatic rings. The SMILES string of the molecule is CC(C)c1ccc([C@@H]2c3[nH]c4ccccc4c3C[C@H]3C(=O)N(c4ccccc4C(=O)N[C@@H](C(=O)O)[C@@H](C)O)C(=O)N23)cc1. The summed E-state index contributed by atoms with van der Waals surface area (Å²) < 4.78 is 0. The molecule has 6 rings (SSSR count). The zero-order valence-electron chi connectivity index (χ0n) is 23.9. The van der Waals surface area contributed by atoms with Crippen LogP contribution in [0.2, 0.25) is 0 Å². The average molecular weight is 581 g/mol. The number of aliphatic hydroxyl groups excluding tert-OH is 1. The van der Waals surface area contributed by atoms with E-state index < -0.39 is 48.0 Å². The molecule has 0 saturated carbocycles. The van der Waals surface area contributed by atoms with Crippen molar-refractivity contribution in [2.45, 2.75) is 57.3 Å². The van der Waals surface area contributed by atoms with Gasteiger partial charge in [0.25, 0.3) is 11.8 Å². The third-order valence-corrected chi connectivity index (χ3v) is 8.39. The molecule has 0 radical (unpaired) electrons. The number of benzene rings is 3. The minimum atomic E-state index is -1.58. The number of amides is 4. The maximum Gasteiger partial charge on any atom is 0.332 e.